The second-order valence-corrected chi connectivity index (χ2v) is 12.7. The number of hydrogen-bond donors (Lipinski definition) is 1. The predicted molar refractivity (Wildman–Crippen MR) is 202 cm³/mol. The van der Waals surface area contributed by atoms with Crippen LogP contribution in [0.4, 0.5) is 5.69 Å². The van der Waals surface area contributed by atoms with Gasteiger partial charge in [-0.3, -0.25) is 28.9 Å². The van der Waals surface area contributed by atoms with Crippen molar-refractivity contribution in [2.24, 2.45) is 0 Å². The van der Waals surface area contributed by atoms with Crippen molar-refractivity contribution in [2.75, 3.05) is 31.0 Å². The molecule has 272 valence electrons. The van der Waals surface area contributed by atoms with Crippen LogP contribution in [0.2, 0.25) is 0 Å². The number of thioether (sulfide) groups is 2. The summed E-state index contributed by atoms with van der Waals surface area (Å²) in [6.07, 6.45) is 6.62. The fourth-order valence-electron chi connectivity index (χ4n) is 4.90. The fourth-order valence-corrected chi connectivity index (χ4v) is 6.32. The summed E-state index contributed by atoms with van der Waals surface area (Å²) in [5.41, 5.74) is 3.57. The molecule has 0 fully saturated rings. The number of nitrogens with zero attached hydrogens (tertiary/aromatic N) is 9. The zero-order valence-corrected chi connectivity index (χ0v) is 33.5. The normalized spacial score (nSPS) is 10.4. The Balaban J connectivity index is 0.000000212. The Bertz CT molecular complexity index is 2320. The Morgan fingerprint density at radius 1 is 0.655 bits per heavy atom. The van der Waals surface area contributed by atoms with Gasteiger partial charge in [-0.05, 0) is 60.7 Å². The maximum atomic E-state index is 12.4. The monoisotopic (exact) mass is 782 g/mol. The molecule has 0 aliphatic heterocycles. The van der Waals surface area contributed by atoms with Crippen LogP contribution in [0.3, 0.4) is 0 Å². The van der Waals surface area contributed by atoms with Crippen LogP contribution in [-0.4, -0.2) is 82.1 Å². The number of carboxylic acids is 1. The first kappa shape index (κ1) is 40.6. The molecule has 55 heavy (non-hydrogen) atoms. The zero-order chi connectivity index (χ0) is 37.7. The molecule has 1 amide bonds. The second-order valence-electron chi connectivity index (χ2n) is 10.8. The Labute approximate surface area is 346 Å². The van der Waals surface area contributed by atoms with Crippen LogP contribution in [0.25, 0.3) is 34.4 Å². The number of anilines is 1. The zero-order valence-electron chi connectivity index (χ0n) is 29.8. The van der Waals surface area contributed by atoms with Gasteiger partial charge in [-0.1, -0.05) is 47.8 Å². The van der Waals surface area contributed by atoms with Gasteiger partial charge in [0.2, 0.25) is 5.91 Å². The molecule has 5 aromatic heterocycles. The van der Waals surface area contributed by atoms with E-state index in [-0.39, 0.29) is 47.0 Å². The van der Waals surface area contributed by atoms with Gasteiger partial charge >= 0.3 is 29.6 Å². The van der Waals surface area contributed by atoms with Crippen LogP contribution >= 0.6 is 23.5 Å². The molecule has 0 spiro atoms. The minimum absolute atomic E-state index is 0. The first-order valence-corrected chi connectivity index (χ1v) is 18.1. The van der Waals surface area contributed by atoms with Crippen LogP contribution in [0, 0.1) is 0 Å². The molecule has 0 radical (unpaired) electrons. The molecule has 0 aliphatic rings. The number of rotatable bonds is 13. The second kappa shape index (κ2) is 20.2. The summed E-state index contributed by atoms with van der Waals surface area (Å²) in [5, 5.41) is 31.5. The van der Waals surface area contributed by atoms with Crippen LogP contribution in [0.5, 0.6) is 11.5 Å². The van der Waals surface area contributed by atoms with Crippen LogP contribution < -0.4 is 49.5 Å². The summed E-state index contributed by atoms with van der Waals surface area (Å²) in [6.45, 7) is 0. The van der Waals surface area contributed by atoms with Crippen molar-refractivity contribution in [3.63, 3.8) is 0 Å². The van der Waals surface area contributed by atoms with Gasteiger partial charge in [0.15, 0.2) is 22.0 Å². The SMILES string of the molecule is COc1cccc(-n2c(SCC(=O)Nc3ccncc3)nnc2-c2ccccn2)c1.COc1cccc(-n2c(SCC(=O)[O-])nnc2-c2ccccn2)c1.[Na+]. The number of pyridine rings is 3. The van der Waals surface area contributed by atoms with Gasteiger partial charge in [0.1, 0.15) is 22.9 Å². The molecule has 15 nitrogen and oxygen atoms in total. The van der Waals surface area contributed by atoms with Crippen molar-refractivity contribution in [1.82, 2.24) is 44.5 Å². The number of aromatic nitrogens is 9. The number of aliphatic carboxylic acids is 1. The minimum Gasteiger partial charge on any atom is -0.549 e. The summed E-state index contributed by atoms with van der Waals surface area (Å²) in [4.78, 5) is 35.8. The van der Waals surface area contributed by atoms with E-state index >= 15 is 0 Å². The Morgan fingerprint density at radius 2 is 1.16 bits per heavy atom. The summed E-state index contributed by atoms with van der Waals surface area (Å²) < 4.78 is 14.2. The molecule has 0 saturated heterocycles. The van der Waals surface area contributed by atoms with Crippen LogP contribution in [0.1, 0.15) is 0 Å². The number of carboxylic acid groups (broad SMARTS) is 1. The van der Waals surface area contributed by atoms with E-state index in [0.717, 1.165) is 23.1 Å². The summed E-state index contributed by atoms with van der Waals surface area (Å²) >= 11 is 2.33. The van der Waals surface area contributed by atoms with Crippen molar-refractivity contribution in [1.29, 1.82) is 0 Å². The molecule has 5 heterocycles. The van der Waals surface area contributed by atoms with Crippen molar-refractivity contribution in [2.45, 2.75) is 10.3 Å². The topological polar surface area (TPSA) is 188 Å². The summed E-state index contributed by atoms with van der Waals surface area (Å²) in [6, 6.07) is 29.5. The Kier molecular flexibility index (Phi) is 14.9. The van der Waals surface area contributed by atoms with Gasteiger partial charge in [0, 0.05) is 48.4 Å². The van der Waals surface area contributed by atoms with Gasteiger partial charge in [0.05, 0.1) is 37.3 Å². The quantitative estimate of drug-likeness (QED) is 0.131. The molecule has 0 saturated carbocycles. The molecule has 18 heteroatoms. The van der Waals surface area contributed by atoms with Crippen molar-refractivity contribution in [3.05, 3.63) is 122 Å². The molecule has 0 atom stereocenters. The number of carbonyl (C=O) groups excluding carboxylic acids is 2. The number of nitrogens with one attached hydrogen (secondary N) is 1. The molecule has 2 aromatic carbocycles. The fraction of sp³-hybridized carbons (Fsp3) is 0.108. The molecule has 0 aliphatic carbocycles. The average Bonchev–Trinajstić information content (AvgIpc) is 3.85. The standard InChI is InChI=1S/C21H18N6O2S.C16H14N4O3S.Na/c1-29-17-6-4-5-16(13-17)27-20(18-7-2-3-10-23-18)25-26-21(27)30-14-19(28)24-15-8-11-22-12-9-15;1-23-12-6-4-5-11(9-12)20-15(13-7-2-3-8-17-13)18-19-16(20)24-10-14(21)22;/h2-13H,14H2,1H3,(H,22,24,28);2-9H,10H2,1H3,(H,21,22);/q;;+1/p-1. The molecule has 0 unspecified atom stereocenters. The molecule has 7 rings (SSSR count). The largest absolute Gasteiger partial charge is 1.00 e. The first-order chi connectivity index (χ1) is 26.4. The number of amides is 1. The van der Waals surface area contributed by atoms with Crippen molar-refractivity contribution < 1.29 is 53.7 Å². The number of ether oxygens (including phenoxy) is 2. The van der Waals surface area contributed by atoms with Gasteiger partial charge in [0.25, 0.3) is 0 Å². The Hall–Kier alpha value is -5.59. The van der Waals surface area contributed by atoms with E-state index in [1.165, 1.54) is 11.8 Å². The summed E-state index contributed by atoms with van der Waals surface area (Å²) in [7, 11) is 3.20. The van der Waals surface area contributed by atoms with E-state index in [1.54, 1.807) is 55.7 Å². The van der Waals surface area contributed by atoms with Crippen LogP contribution in [-0.2, 0) is 9.59 Å². The number of benzene rings is 2. The van der Waals surface area contributed by atoms with E-state index < -0.39 is 5.97 Å². The Morgan fingerprint density at radius 3 is 1.62 bits per heavy atom. The maximum absolute atomic E-state index is 12.4. The van der Waals surface area contributed by atoms with Gasteiger partial charge < -0.3 is 24.7 Å². The van der Waals surface area contributed by atoms with E-state index in [9.17, 15) is 14.7 Å². The van der Waals surface area contributed by atoms with E-state index in [4.69, 9.17) is 9.47 Å². The third-order valence-electron chi connectivity index (χ3n) is 7.29. The minimum atomic E-state index is -1.17. The third kappa shape index (κ3) is 10.8. The predicted octanol–water partition coefficient (Wildman–Crippen LogP) is 1.65. The first-order valence-electron chi connectivity index (χ1n) is 16.1. The summed E-state index contributed by atoms with van der Waals surface area (Å²) in [5.74, 6) is 1.12. The van der Waals surface area contributed by atoms with Gasteiger partial charge in [-0.2, -0.15) is 0 Å². The smallest absolute Gasteiger partial charge is 0.549 e. The van der Waals surface area contributed by atoms with Crippen molar-refractivity contribution >= 4 is 41.1 Å². The maximum Gasteiger partial charge on any atom is 1.00 e. The van der Waals surface area contributed by atoms with E-state index in [1.807, 2.05) is 89.5 Å². The van der Waals surface area contributed by atoms with E-state index in [0.29, 0.717) is 50.5 Å². The number of methoxy groups -OCH3 is 2. The molecule has 0 bridgehead atoms. The number of hydrogen-bond acceptors (Lipinski definition) is 14. The van der Waals surface area contributed by atoms with Crippen LogP contribution in [0.15, 0.2) is 132 Å². The molecule has 7 aromatic rings. The van der Waals surface area contributed by atoms with Gasteiger partial charge in [-0.15, -0.1) is 20.4 Å². The van der Waals surface area contributed by atoms with Crippen molar-refractivity contribution in [3.8, 4) is 45.9 Å². The third-order valence-corrected chi connectivity index (χ3v) is 9.12. The van der Waals surface area contributed by atoms with E-state index in [2.05, 4.69) is 40.7 Å². The number of carbonyl (C=O) groups is 2. The molecular weight excluding hydrogens is 752 g/mol. The average molecular weight is 783 g/mol. The van der Waals surface area contributed by atoms with Gasteiger partial charge in [-0.25, -0.2) is 0 Å². The molecule has 1 N–H and O–H groups in total. The molecular formula is C37H31N10NaO5S2.